The molecule has 26 heavy (non-hydrogen) atoms. The lowest BCUT2D eigenvalue weighted by atomic mass is 10.2. The van der Waals surface area contributed by atoms with Gasteiger partial charge >= 0.3 is 0 Å². The number of carbonyl (C=O) groups excluding carboxylic acids is 1. The summed E-state index contributed by atoms with van der Waals surface area (Å²) in [6.45, 7) is 8.48. The van der Waals surface area contributed by atoms with Crippen molar-refractivity contribution in [1.82, 2.24) is 4.98 Å². The quantitative estimate of drug-likeness (QED) is 0.629. The SMILES string of the molecule is CC.CCOc1ccccc1C=O.CNc1cccc2ccc(C)nc12. The second-order valence-electron chi connectivity index (χ2n) is 5.17. The van der Waals surface area contributed by atoms with Crippen molar-refractivity contribution in [2.24, 2.45) is 0 Å². The number of pyridine rings is 1. The molecule has 2 aromatic carbocycles. The van der Waals surface area contributed by atoms with Crippen LogP contribution < -0.4 is 10.1 Å². The Hall–Kier alpha value is -2.88. The number of benzene rings is 2. The summed E-state index contributed by atoms with van der Waals surface area (Å²) < 4.78 is 5.20. The second-order valence-corrected chi connectivity index (χ2v) is 5.17. The van der Waals surface area contributed by atoms with Crippen molar-refractivity contribution in [3.05, 3.63) is 65.9 Å². The van der Waals surface area contributed by atoms with Gasteiger partial charge in [-0.05, 0) is 38.1 Å². The first-order valence-electron chi connectivity index (χ1n) is 8.90. The fourth-order valence-corrected chi connectivity index (χ4v) is 2.31. The minimum atomic E-state index is 0.588. The van der Waals surface area contributed by atoms with Crippen molar-refractivity contribution in [2.45, 2.75) is 27.7 Å². The number of nitrogens with one attached hydrogen (secondary N) is 1. The van der Waals surface area contributed by atoms with Crippen LogP contribution in [-0.4, -0.2) is 24.9 Å². The zero-order valence-electron chi connectivity index (χ0n) is 16.2. The molecule has 1 heterocycles. The van der Waals surface area contributed by atoms with E-state index < -0.39 is 0 Å². The monoisotopic (exact) mass is 352 g/mol. The maximum absolute atomic E-state index is 10.4. The lowest BCUT2D eigenvalue weighted by molar-refractivity contribution is 0.112. The van der Waals surface area contributed by atoms with Gasteiger partial charge in [-0.25, -0.2) is 0 Å². The first kappa shape index (κ1) is 21.2. The van der Waals surface area contributed by atoms with E-state index in [4.69, 9.17) is 4.74 Å². The number of para-hydroxylation sites is 2. The molecule has 0 saturated heterocycles. The smallest absolute Gasteiger partial charge is 0.153 e. The lowest BCUT2D eigenvalue weighted by Gasteiger charge is -2.04. The number of aldehydes is 1. The molecule has 1 N–H and O–H groups in total. The minimum Gasteiger partial charge on any atom is -0.493 e. The maximum Gasteiger partial charge on any atom is 0.153 e. The van der Waals surface area contributed by atoms with E-state index in [1.54, 1.807) is 12.1 Å². The third-order valence-corrected chi connectivity index (χ3v) is 3.47. The highest BCUT2D eigenvalue weighted by Gasteiger charge is 1.99. The average molecular weight is 352 g/mol. The zero-order valence-corrected chi connectivity index (χ0v) is 16.2. The van der Waals surface area contributed by atoms with E-state index in [9.17, 15) is 4.79 Å². The normalized spacial score (nSPS) is 9.27. The second kappa shape index (κ2) is 11.6. The number of nitrogens with zero attached hydrogens (tertiary/aromatic N) is 1. The topological polar surface area (TPSA) is 51.2 Å². The molecule has 0 saturated carbocycles. The number of aromatic nitrogens is 1. The van der Waals surface area contributed by atoms with E-state index in [1.807, 2.05) is 65.1 Å². The van der Waals surface area contributed by atoms with Gasteiger partial charge in [-0.1, -0.05) is 44.2 Å². The van der Waals surface area contributed by atoms with Crippen LogP contribution in [-0.2, 0) is 0 Å². The highest BCUT2D eigenvalue weighted by atomic mass is 16.5. The minimum absolute atomic E-state index is 0.588. The molecule has 0 radical (unpaired) electrons. The van der Waals surface area contributed by atoms with Crippen molar-refractivity contribution in [3.8, 4) is 5.75 Å². The molecular weight excluding hydrogens is 324 g/mol. The predicted octanol–water partition coefficient (Wildman–Crippen LogP) is 5.51. The van der Waals surface area contributed by atoms with E-state index in [0.29, 0.717) is 17.9 Å². The highest BCUT2D eigenvalue weighted by Crippen LogP contribution is 2.20. The van der Waals surface area contributed by atoms with E-state index in [1.165, 1.54) is 5.39 Å². The summed E-state index contributed by atoms with van der Waals surface area (Å²) in [5, 5.41) is 4.31. The Morgan fingerprint density at radius 2 is 1.77 bits per heavy atom. The number of carbonyl (C=O) groups is 1. The standard InChI is InChI=1S/C11H12N2.C9H10O2.C2H6/c1-8-6-7-9-4-3-5-10(12-2)11(9)13-8;1-2-11-9-6-4-3-5-8(9)7-10;1-2/h3-7,12H,1-2H3;3-7H,2H2,1H3;1-2H3. The van der Waals surface area contributed by atoms with Gasteiger partial charge < -0.3 is 10.1 Å². The lowest BCUT2D eigenvalue weighted by Crippen LogP contribution is -1.94. The van der Waals surface area contributed by atoms with Crippen LogP contribution in [0.25, 0.3) is 10.9 Å². The summed E-state index contributed by atoms with van der Waals surface area (Å²) in [5.74, 6) is 0.657. The molecule has 0 spiro atoms. The molecule has 4 nitrogen and oxygen atoms in total. The summed E-state index contributed by atoms with van der Waals surface area (Å²) in [6.07, 6.45) is 0.797. The highest BCUT2D eigenvalue weighted by molar-refractivity contribution is 5.90. The van der Waals surface area contributed by atoms with Crippen LogP contribution >= 0.6 is 0 Å². The van der Waals surface area contributed by atoms with Gasteiger partial charge in [0.1, 0.15) is 5.75 Å². The fourth-order valence-electron chi connectivity index (χ4n) is 2.31. The number of ether oxygens (including phenoxy) is 1. The van der Waals surface area contributed by atoms with E-state index >= 15 is 0 Å². The van der Waals surface area contributed by atoms with Crippen molar-refractivity contribution in [2.75, 3.05) is 19.0 Å². The number of hydrogen-bond donors (Lipinski definition) is 1. The molecular formula is C22H28N2O2. The largest absolute Gasteiger partial charge is 0.493 e. The van der Waals surface area contributed by atoms with Gasteiger partial charge in [0, 0.05) is 18.1 Å². The van der Waals surface area contributed by atoms with Gasteiger partial charge in [0.2, 0.25) is 0 Å². The molecule has 1 aromatic heterocycles. The molecule has 3 rings (SSSR count). The molecule has 0 fully saturated rings. The Kier molecular flexibility index (Phi) is 9.47. The molecule has 4 heteroatoms. The summed E-state index contributed by atoms with van der Waals surface area (Å²) in [5.41, 5.74) is 3.79. The summed E-state index contributed by atoms with van der Waals surface area (Å²) in [6, 6.07) is 17.4. The van der Waals surface area contributed by atoms with Gasteiger partial charge in [-0.3, -0.25) is 9.78 Å². The molecule has 0 aliphatic rings. The molecule has 0 amide bonds. The molecule has 3 aromatic rings. The van der Waals surface area contributed by atoms with Crippen LogP contribution in [0, 0.1) is 6.92 Å². The van der Waals surface area contributed by atoms with Crippen LogP contribution in [0.3, 0.4) is 0 Å². The van der Waals surface area contributed by atoms with Gasteiger partial charge in [-0.2, -0.15) is 0 Å². The summed E-state index contributed by atoms with van der Waals surface area (Å²) in [7, 11) is 1.92. The van der Waals surface area contributed by atoms with Crippen molar-refractivity contribution >= 4 is 22.9 Å². The Morgan fingerprint density at radius 3 is 2.42 bits per heavy atom. The number of anilines is 1. The third-order valence-electron chi connectivity index (χ3n) is 3.47. The Bertz CT molecular complexity index is 816. The van der Waals surface area contributed by atoms with Gasteiger partial charge in [0.05, 0.1) is 23.4 Å². The number of fused-ring (bicyclic) bond motifs is 1. The van der Waals surface area contributed by atoms with Crippen molar-refractivity contribution in [3.63, 3.8) is 0 Å². The Balaban J connectivity index is 0.000000241. The molecule has 0 bridgehead atoms. The number of hydrogen-bond acceptors (Lipinski definition) is 4. The zero-order chi connectivity index (χ0) is 19.4. The van der Waals surface area contributed by atoms with E-state index in [0.717, 1.165) is 23.2 Å². The molecule has 138 valence electrons. The van der Waals surface area contributed by atoms with Crippen LogP contribution in [0.1, 0.15) is 36.8 Å². The van der Waals surface area contributed by atoms with Crippen molar-refractivity contribution in [1.29, 1.82) is 0 Å². The molecule has 0 unspecified atom stereocenters. The summed E-state index contributed by atoms with van der Waals surface area (Å²) >= 11 is 0. The van der Waals surface area contributed by atoms with Crippen LogP contribution in [0.15, 0.2) is 54.6 Å². The van der Waals surface area contributed by atoms with E-state index in [-0.39, 0.29) is 0 Å². The molecule has 0 atom stereocenters. The number of rotatable bonds is 4. The third kappa shape index (κ3) is 5.88. The van der Waals surface area contributed by atoms with Gasteiger partial charge in [-0.15, -0.1) is 0 Å². The van der Waals surface area contributed by atoms with Crippen LogP contribution in [0.4, 0.5) is 5.69 Å². The Morgan fingerprint density at radius 1 is 1.04 bits per heavy atom. The Labute approximate surface area is 156 Å². The van der Waals surface area contributed by atoms with Crippen LogP contribution in [0.2, 0.25) is 0 Å². The van der Waals surface area contributed by atoms with Gasteiger partial charge in [0.25, 0.3) is 0 Å². The van der Waals surface area contributed by atoms with E-state index in [2.05, 4.69) is 22.4 Å². The van der Waals surface area contributed by atoms with Gasteiger partial charge in [0.15, 0.2) is 6.29 Å². The molecule has 0 aliphatic heterocycles. The predicted molar refractivity (Wildman–Crippen MR) is 110 cm³/mol. The molecule has 0 aliphatic carbocycles. The first-order chi connectivity index (χ1) is 12.7. The fraction of sp³-hybridized carbons (Fsp3) is 0.273. The van der Waals surface area contributed by atoms with Crippen molar-refractivity contribution < 1.29 is 9.53 Å². The average Bonchev–Trinajstić information content (AvgIpc) is 2.70. The number of aryl methyl sites for hydroxylation is 1. The van der Waals surface area contributed by atoms with Crippen LogP contribution in [0.5, 0.6) is 5.75 Å². The summed E-state index contributed by atoms with van der Waals surface area (Å²) in [4.78, 5) is 14.9. The first-order valence-corrected chi connectivity index (χ1v) is 8.90. The maximum atomic E-state index is 10.4.